The van der Waals surface area contributed by atoms with Gasteiger partial charge in [0.05, 0.1) is 0 Å². The molecule has 0 aliphatic heterocycles. The molecule has 0 spiro atoms. The maximum atomic E-state index is 11.5. The normalized spacial score (nSPS) is 12.6. The van der Waals surface area contributed by atoms with Gasteiger partial charge in [-0.25, -0.2) is 0 Å². The third-order valence-corrected chi connectivity index (χ3v) is 4.25. The third kappa shape index (κ3) is 2.56. The first kappa shape index (κ1) is 13.8. The molecule has 0 aromatic heterocycles. The van der Waals surface area contributed by atoms with Crippen molar-refractivity contribution in [2.45, 2.75) is 32.1 Å². The van der Waals surface area contributed by atoms with E-state index < -0.39 is 0 Å². The molecule has 3 rings (SSSR count). The lowest BCUT2D eigenvalue weighted by molar-refractivity contribution is -0.109. The summed E-state index contributed by atoms with van der Waals surface area (Å²) in [7, 11) is 0. The molecule has 0 aliphatic rings. The van der Waals surface area contributed by atoms with Crippen molar-refractivity contribution in [2.75, 3.05) is 0 Å². The van der Waals surface area contributed by atoms with E-state index in [0.29, 0.717) is 0 Å². The highest BCUT2D eigenvalue weighted by Crippen LogP contribution is 2.32. The third-order valence-electron chi connectivity index (χ3n) is 4.25. The summed E-state index contributed by atoms with van der Waals surface area (Å²) in [4.78, 5) is 11.5. The number of aldehydes is 1. The predicted molar refractivity (Wildman–Crippen MR) is 89.8 cm³/mol. The molecule has 21 heavy (non-hydrogen) atoms. The first-order valence-corrected chi connectivity index (χ1v) is 7.71. The molecule has 0 heterocycles. The highest BCUT2D eigenvalue weighted by molar-refractivity contribution is 6.08. The van der Waals surface area contributed by atoms with Crippen molar-refractivity contribution in [3.63, 3.8) is 0 Å². The minimum atomic E-state index is 0.00909. The standard InChI is InChI=1S/C20H20O/c1-2-3-7-16(14-21)18-10-6-11-19-17-9-5-4-8-15(17)12-13-20(18)19/h4-6,8-14,16H,2-3,7H2,1H3. The van der Waals surface area contributed by atoms with Crippen LogP contribution in [0.3, 0.4) is 0 Å². The second-order valence-corrected chi connectivity index (χ2v) is 5.61. The number of carbonyl (C=O) groups is 1. The van der Waals surface area contributed by atoms with Gasteiger partial charge in [0.15, 0.2) is 0 Å². The monoisotopic (exact) mass is 276 g/mol. The lowest BCUT2D eigenvalue weighted by atomic mass is 9.89. The predicted octanol–water partition coefficient (Wildman–Crippen LogP) is 5.47. The van der Waals surface area contributed by atoms with Gasteiger partial charge in [-0.1, -0.05) is 74.4 Å². The zero-order valence-corrected chi connectivity index (χ0v) is 12.4. The number of hydrogen-bond acceptors (Lipinski definition) is 1. The fourth-order valence-corrected chi connectivity index (χ4v) is 3.11. The fraction of sp³-hybridized carbons (Fsp3) is 0.250. The summed E-state index contributed by atoms with van der Waals surface area (Å²) in [6.07, 6.45) is 4.26. The molecule has 3 aromatic carbocycles. The van der Waals surface area contributed by atoms with Gasteiger partial charge in [0, 0.05) is 5.92 Å². The van der Waals surface area contributed by atoms with E-state index in [1.165, 1.54) is 27.1 Å². The second-order valence-electron chi connectivity index (χ2n) is 5.61. The van der Waals surface area contributed by atoms with Gasteiger partial charge in [-0.2, -0.15) is 0 Å². The van der Waals surface area contributed by atoms with Crippen LogP contribution in [0.2, 0.25) is 0 Å². The molecule has 0 radical (unpaired) electrons. The largest absolute Gasteiger partial charge is 0.303 e. The number of hydrogen-bond donors (Lipinski definition) is 0. The van der Waals surface area contributed by atoms with Gasteiger partial charge in [-0.05, 0) is 33.5 Å². The average molecular weight is 276 g/mol. The molecule has 0 fully saturated rings. The van der Waals surface area contributed by atoms with Crippen LogP contribution in [0.1, 0.15) is 37.7 Å². The minimum Gasteiger partial charge on any atom is -0.303 e. The van der Waals surface area contributed by atoms with Gasteiger partial charge < -0.3 is 4.79 Å². The number of rotatable bonds is 5. The quantitative estimate of drug-likeness (QED) is 0.446. The second kappa shape index (κ2) is 6.09. The Morgan fingerprint density at radius 2 is 1.71 bits per heavy atom. The van der Waals surface area contributed by atoms with Crippen LogP contribution in [0.5, 0.6) is 0 Å². The Hall–Kier alpha value is -2.15. The van der Waals surface area contributed by atoms with Crippen LogP contribution in [0.15, 0.2) is 54.6 Å². The van der Waals surface area contributed by atoms with Crippen LogP contribution >= 0.6 is 0 Å². The topological polar surface area (TPSA) is 17.1 Å². The molecule has 0 N–H and O–H groups in total. The smallest absolute Gasteiger partial charge is 0.127 e. The van der Waals surface area contributed by atoms with Crippen LogP contribution < -0.4 is 0 Å². The number of fused-ring (bicyclic) bond motifs is 3. The molecular formula is C20H20O. The summed E-state index contributed by atoms with van der Waals surface area (Å²) in [5.74, 6) is 0.00909. The first-order chi connectivity index (χ1) is 10.3. The van der Waals surface area contributed by atoms with Crippen molar-refractivity contribution in [1.82, 2.24) is 0 Å². The maximum Gasteiger partial charge on any atom is 0.127 e. The van der Waals surface area contributed by atoms with Crippen molar-refractivity contribution in [3.05, 3.63) is 60.2 Å². The van der Waals surface area contributed by atoms with Crippen LogP contribution in [-0.2, 0) is 4.79 Å². The maximum absolute atomic E-state index is 11.5. The molecule has 1 unspecified atom stereocenters. The molecule has 106 valence electrons. The lowest BCUT2D eigenvalue weighted by Crippen LogP contribution is -2.01. The van der Waals surface area contributed by atoms with E-state index in [0.717, 1.165) is 25.5 Å². The van der Waals surface area contributed by atoms with E-state index in [4.69, 9.17) is 0 Å². The van der Waals surface area contributed by atoms with Crippen molar-refractivity contribution >= 4 is 27.8 Å². The van der Waals surface area contributed by atoms with Gasteiger partial charge in [0.1, 0.15) is 6.29 Å². The van der Waals surface area contributed by atoms with Gasteiger partial charge in [0.25, 0.3) is 0 Å². The molecule has 0 saturated carbocycles. The van der Waals surface area contributed by atoms with Crippen molar-refractivity contribution < 1.29 is 4.79 Å². The number of unbranched alkanes of at least 4 members (excludes halogenated alkanes) is 1. The molecule has 3 aromatic rings. The summed E-state index contributed by atoms with van der Waals surface area (Å²) >= 11 is 0. The van der Waals surface area contributed by atoms with Crippen molar-refractivity contribution in [2.24, 2.45) is 0 Å². The molecule has 0 saturated heterocycles. The molecule has 0 amide bonds. The van der Waals surface area contributed by atoms with Crippen LogP contribution in [0.4, 0.5) is 0 Å². The summed E-state index contributed by atoms with van der Waals surface area (Å²) in [5.41, 5.74) is 1.17. The highest BCUT2D eigenvalue weighted by Gasteiger charge is 2.13. The van der Waals surface area contributed by atoms with E-state index >= 15 is 0 Å². The van der Waals surface area contributed by atoms with E-state index in [-0.39, 0.29) is 5.92 Å². The van der Waals surface area contributed by atoms with E-state index in [1.807, 2.05) is 0 Å². The Bertz CT molecular complexity index is 773. The van der Waals surface area contributed by atoms with Gasteiger partial charge in [0.2, 0.25) is 0 Å². The van der Waals surface area contributed by atoms with E-state index in [1.54, 1.807) is 0 Å². The Labute approximate surface area is 125 Å². The summed E-state index contributed by atoms with van der Waals surface area (Å²) in [6, 6.07) is 19.1. The Kier molecular flexibility index (Phi) is 4.01. The van der Waals surface area contributed by atoms with Crippen LogP contribution in [0, 0.1) is 0 Å². The van der Waals surface area contributed by atoms with Gasteiger partial charge >= 0.3 is 0 Å². The van der Waals surface area contributed by atoms with Crippen LogP contribution in [0.25, 0.3) is 21.5 Å². The Balaban J connectivity index is 2.20. The van der Waals surface area contributed by atoms with Crippen LogP contribution in [-0.4, -0.2) is 6.29 Å². The lowest BCUT2D eigenvalue weighted by Gasteiger charge is -2.14. The highest BCUT2D eigenvalue weighted by atomic mass is 16.1. The summed E-state index contributed by atoms with van der Waals surface area (Å²) in [5, 5.41) is 4.97. The zero-order chi connectivity index (χ0) is 14.7. The molecule has 0 aliphatic carbocycles. The van der Waals surface area contributed by atoms with Crippen molar-refractivity contribution in [3.8, 4) is 0 Å². The number of benzene rings is 3. The number of carbonyl (C=O) groups excluding carboxylic acids is 1. The first-order valence-electron chi connectivity index (χ1n) is 7.71. The zero-order valence-electron chi connectivity index (χ0n) is 12.4. The molecule has 0 bridgehead atoms. The summed E-state index contributed by atoms with van der Waals surface area (Å²) < 4.78 is 0. The molecule has 1 nitrogen and oxygen atoms in total. The Morgan fingerprint density at radius 3 is 2.52 bits per heavy atom. The van der Waals surface area contributed by atoms with Gasteiger partial charge in [-0.15, -0.1) is 0 Å². The average Bonchev–Trinajstić information content (AvgIpc) is 2.55. The summed E-state index contributed by atoms with van der Waals surface area (Å²) in [6.45, 7) is 2.17. The van der Waals surface area contributed by atoms with E-state index in [2.05, 4.69) is 61.5 Å². The molecular weight excluding hydrogens is 256 g/mol. The molecule has 1 atom stereocenters. The van der Waals surface area contributed by atoms with E-state index in [9.17, 15) is 4.79 Å². The Morgan fingerprint density at radius 1 is 0.905 bits per heavy atom. The SMILES string of the molecule is CCCCC(C=O)c1cccc2c1ccc1ccccc12. The minimum absolute atomic E-state index is 0.00909. The molecule has 1 heteroatoms. The van der Waals surface area contributed by atoms with Crippen molar-refractivity contribution in [1.29, 1.82) is 0 Å². The van der Waals surface area contributed by atoms with Gasteiger partial charge in [-0.3, -0.25) is 0 Å². The fourth-order valence-electron chi connectivity index (χ4n) is 3.11.